The van der Waals surface area contributed by atoms with E-state index >= 15 is 0 Å². The number of amides is 2. The van der Waals surface area contributed by atoms with Crippen molar-refractivity contribution in [1.29, 1.82) is 0 Å². The fourth-order valence-corrected chi connectivity index (χ4v) is 4.96. The third-order valence-corrected chi connectivity index (χ3v) is 6.64. The van der Waals surface area contributed by atoms with E-state index < -0.39 is 0 Å². The highest BCUT2D eigenvalue weighted by Crippen LogP contribution is 2.39. The fraction of sp³-hybridized carbons (Fsp3) is 0.280. The molecule has 1 fully saturated rings. The second-order valence-corrected chi connectivity index (χ2v) is 9.53. The summed E-state index contributed by atoms with van der Waals surface area (Å²) < 4.78 is 5.51. The molecule has 2 aromatic carbocycles. The zero-order chi connectivity index (χ0) is 23.4. The normalized spacial score (nSPS) is 13.8. The average Bonchev–Trinajstić information content (AvgIpc) is 3.26. The molecule has 0 radical (unpaired) electrons. The number of thiophene rings is 1. The molecule has 4 rings (SSSR count). The molecule has 2 N–H and O–H groups in total. The van der Waals surface area contributed by atoms with Crippen molar-refractivity contribution in [2.24, 2.45) is 0 Å². The first-order chi connectivity index (χ1) is 15.9. The minimum Gasteiger partial charge on any atom is -0.378 e. The van der Waals surface area contributed by atoms with Gasteiger partial charge in [0.05, 0.1) is 34.3 Å². The van der Waals surface area contributed by atoms with E-state index in [0.29, 0.717) is 34.4 Å². The summed E-state index contributed by atoms with van der Waals surface area (Å²) in [6.45, 7) is 6.63. The van der Waals surface area contributed by atoms with Gasteiger partial charge in [0.2, 0.25) is 0 Å². The minimum absolute atomic E-state index is 0.0291. The van der Waals surface area contributed by atoms with E-state index in [1.54, 1.807) is 18.2 Å². The van der Waals surface area contributed by atoms with Gasteiger partial charge < -0.3 is 20.3 Å². The van der Waals surface area contributed by atoms with Crippen LogP contribution in [0.15, 0.2) is 54.6 Å². The Kier molecular flexibility index (Phi) is 7.33. The fourth-order valence-electron chi connectivity index (χ4n) is 3.66. The molecule has 33 heavy (non-hydrogen) atoms. The van der Waals surface area contributed by atoms with Crippen molar-refractivity contribution in [3.8, 4) is 11.1 Å². The van der Waals surface area contributed by atoms with Gasteiger partial charge in [-0.3, -0.25) is 9.59 Å². The van der Waals surface area contributed by atoms with Crippen LogP contribution in [0.2, 0.25) is 5.02 Å². The molecule has 0 saturated carbocycles. The lowest BCUT2D eigenvalue weighted by atomic mass is 10.1. The van der Waals surface area contributed by atoms with Crippen molar-refractivity contribution in [1.82, 2.24) is 5.32 Å². The van der Waals surface area contributed by atoms with Crippen molar-refractivity contribution in [2.75, 3.05) is 36.5 Å². The molecule has 0 unspecified atom stereocenters. The molecule has 0 spiro atoms. The molecule has 0 aliphatic carbocycles. The molecular formula is C25H26ClN3O3S. The lowest BCUT2D eigenvalue weighted by molar-refractivity contribution is 0.0944. The first-order valence-electron chi connectivity index (χ1n) is 10.9. The molecule has 6 nitrogen and oxygen atoms in total. The Hall–Kier alpha value is -2.87. The lowest BCUT2D eigenvalue weighted by Crippen LogP contribution is -2.35. The van der Waals surface area contributed by atoms with E-state index in [2.05, 4.69) is 15.5 Å². The Bertz CT molecular complexity index is 1140. The molecule has 2 heterocycles. The molecule has 2 amide bonds. The van der Waals surface area contributed by atoms with E-state index in [4.69, 9.17) is 16.3 Å². The standard InChI is InChI=1S/C25H26ClN3O3S/c1-16(2)27-23(30)19-9-8-18(26)14-21(19)28-24(31)22-15-20(17-6-4-3-5-7-17)25(33-22)29-10-12-32-13-11-29/h3-9,14-16H,10-13H2,1-2H3,(H,27,30)(H,28,31). The Morgan fingerprint density at radius 2 is 1.76 bits per heavy atom. The highest BCUT2D eigenvalue weighted by Gasteiger charge is 2.23. The second kappa shape index (κ2) is 10.4. The Balaban J connectivity index is 1.66. The molecule has 0 atom stereocenters. The van der Waals surface area contributed by atoms with Gasteiger partial charge in [-0.1, -0.05) is 41.9 Å². The van der Waals surface area contributed by atoms with E-state index in [0.717, 1.165) is 29.2 Å². The number of morpholine rings is 1. The number of carbonyl (C=O) groups is 2. The predicted octanol–water partition coefficient (Wildman–Crippen LogP) is 5.30. The van der Waals surface area contributed by atoms with Crippen LogP contribution in [-0.2, 0) is 4.74 Å². The van der Waals surface area contributed by atoms with Gasteiger partial charge in [-0.2, -0.15) is 0 Å². The van der Waals surface area contributed by atoms with Gasteiger partial charge in [0.1, 0.15) is 0 Å². The van der Waals surface area contributed by atoms with Crippen LogP contribution in [0.25, 0.3) is 11.1 Å². The minimum atomic E-state index is -0.280. The highest BCUT2D eigenvalue weighted by atomic mass is 35.5. The Labute approximate surface area is 202 Å². The van der Waals surface area contributed by atoms with Crippen LogP contribution in [0.4, 0.5) is 10.7 Å². The predicted molar refractivity (Wildman–Crippen MR) is 135 cm³/mol. The van der Waals surface area contributed by atoms with Gasteiger partial charge in [-0.25, -0.2) is 0 Å². The highest BCUT2D eigenvalue weighted by molar-refractivity contribution is 7.18. The third kappa shape index (κ3) is 5.55. The van der Waals surface area contributed by atoms with Gasteiger partial charge in [0, 0.05) is 29.7 Å². The van der Waals surface area contributed by atoms with Crippen molar-refractivity contribution >= 4 is 45.4 Å². The lowest BCUT2D eigenvalue weighted by Gasteiger charge is -2.28. The maximum atomic E-state index is 13.3. The van der Waals surface area contributed by atoms with Crippen molar-refractivity contribution in [2.45, 2.75) is 19.9 Å². The van der Waals surface area contributed by atoms with Gasteiger partial charge in [0.25, 0.3) is 11.8 Å². The second-order valence-electron chi connectivity index (χ2n) is 8.07. The maximum absolute atomic E-state index is 13.3. The van der Waals surface area contributed by atoms with Crippen LogP contribution in [0.3, 0.4) is 0 Å². The monoisotopic (exact) mass is 483 g/mol. The number of ether oxygens (including phenoxy) is 1. The van der Waals surface area contributed by atoms with E-state index in [9.17, 15) is 9.59 Å². The number of halogens is 1. The van der Waals surface area contributed by atoms with Crippen molar-refractivity contribution in [3.63, 3.8) is 0 Å². The largest absolute Gasteiger partial charge is 0.378 e. The number of rotatable bonds is 6. The summed E-state index contributed by atoms with van der Waals surface area (Å²) in [5.41, 5.74) is 2.81. The summed E-state index contributed by atoms with van der Waals surface area (Å²) in [5.74, 6) is -0.542. The SMILES string of the molecule is CC(C)NC(=O)c1ccc(Cl)cc1NC(=O)c1cc(-c2ccccc2)c(N2CCOCC2)s1. The Morgan fingerprint density at radius 1 is 1.03 bits per heavy atom. The first-order valence-corrected chi connectivity index (χ1v) is 12.1. The summed E-state index contributed by atoms with van der Waals surface area (Å²) >= 11 is 7.61. The van der Waals surface area contributed by atoms with Crippen molar-refractivity contribution < 1.29 is 14.3 Å². The topological polar surface area (TPSA) is 70.7 Å². The summed E-state index contributed by atoms with van der Waals surface area (Å²) in [7, 11) is 0. The Morgan fingerprint density at radius 3 is 2.45 bits per heavy atom. The quantitative estimate of drug-likeness (QED) is 0.499. The molecule has 1 saturated heterocycles. The van der Waals surface area contributed by atoms with Gasteiger partial charge >= 0.3 is 0 Å². The molecule has 3 aromatic rings. The number of hydrogen-bond acceptors (Lipinski definition) is 5. The van der Waals surface area contributed by atoms with Gasteiger partial charge in [-0.15, -0.1) is 11.3 Å². The van der Waals surface area contributed by atoms with E-state index in [1.165, 1.54) is 11.3 Å². The molecular weight excluding hydrogens is 458 g/mol. The van der Waals surface area contributed by atoms with Crippen LogP contribution < -0.4 is 15.5 Å². The van der Waals surface area contributed by atoms with Gasteiger partial charge in [-0.05, 0) is 43.7 Å². The summed E-state index contributed by atoms with van der Waals surface area (Å²) in [6, 6.07) is 16.8. The number of nitrogens with one attached hydrogen (secondary N) is 2. The van der Waals surface area contributed by atoms with Crippen LogP contribution in [0.1, 0.15) is 33.9 Å². The third-order valence-electron chi connectivity index (χ3n) is 5.21. The molecule has 1 aliphatic heterocycles. The van der Waals surface area contributed by atoms with E-state index in [-0.39, 0.29) is 17.9 Å². The summed E-state index contributed by atoms with van der Waals surface area (Å²) in [4.78, 5) is 28.7. The zero-order valence-electron chi connectivity index (χ0n) is 18.6. The van der Waals surface area contributed by atoms with Crippen LogP contribution >= 0.6 is 22.9 Å². The zero-order valence-corrected chi connectivity index (χ0v) is 20.1. The van der Waals surface area contributed by atoms with E-state index in [1.807, 2.05) is 50.2 Å². The number of hydrogen-bond donors (Lipinski definition) is 2. The van der Waals surface area contributed by atoms with Crippen LogP contribution in [0, 0.1) is 0 Å². The molecule has 1 aliphatic rings. The molecule has 172 valence electrons. The molecule has 8 heteroatoms. The van der Waals surface area contributed by atoms with Gasteiger partial charge in [0.15, 0.2) is 0 Å². The van der Waals surface area contributed by atoms with Crippen LogP contribution in [0.5, 0.6) is 0 Å². The number of carbonyl (C=O) groups excluding carboxylic acids is 2. The van der Waals surface area contributed by atoms with Crippen LogP contribution in [-0.4, -0.2) is 44.2 Å². The molecule has 1 aromatic heterocycles. The molecule has 0 bridgehead atoms. The number of benzene rings is 2. The van der Waals surface area contributed by atoms with Crippen molar-refractivity contribution in [3.05, 3.63) is 70.1 Å². The number of nitrogens with zero attached hydrogens (tertiary/aromatic N) is 1. The summed E-state index contributed by atoms with van der Waals surface area (Å²) in [6.07, 6.45) is 0. The first kappa shape index (κ1) is 23.3. The maximum Gasteiger partial charge on any atom is 0.265 e. The number of anilines is 2. The smallest absolute Gasteiger partial charge is 0.265 e. The summed E-state index contributed by atoms with van der Waals surface area (Å²) in [5, 5.41) is 7.24. The average molecular weight is 484 g/mol.